The maximum Gasteiger partial charge on any atom is 0.312 e. The Labute approximate surface area is 197 Å². The van der Waals surface area contributed by atoms with Crippen molar-refractivity contribution in [2.24, 2.45) is 16.1 Å². The molecule has 0 bridgehead atoms. The number of alkyl halides is 2. The van der Waals surface area contributed by atoms with E-state index in [0.717, 1.165) is 12.1 Å². The van der Waals surface area contributed by atoms with E-state index in [9.17, 15) is 31.9 Å². The molecule has 2 atom stereocenters. The van der Waals surface area contributed by atoms with E-state index in [4.69, 9.17) is 11.6 Å². The minimum atomic E-state index is -2.99. The van der Waals surface area contributed by atoms with Crippen LogP contribution in [0.5, 0.6) is 0 Å². The quantitative estimate of drug-likeness (QED) is 0.380. The Morgan fingerprint density at radius 3 is 2.56 bits per heavy atom. The average Bonchev–Trinajstić information content (AvgIpc) is 3.42. The van der Waals surface area contributed by atoms with E-state index in [-0.39, 0.29) is 37.2 Å². The zero-order valence-electron chi connectivity index (χ0n) is 18.1. The van der Waals surface area contributed by atoms with Crippen LogP contribution in [0, 0.1) is 17.6 Å². The molecule has 7 nitrogen and oxygen atoms in total. The molecule has 1 aromatic rings. The zero-order valence-corrected chi connectivity index (χ0v) is 18.8. The molecule has 1 saturated heterocycles. The summed E-state index contributed by atoms with van der Waals surface area (Å²) >= 11 is 5.57. The summed E-state index contributed by atoms with van der Waals surface area (Å²) in [7, 11) is 0. The number of rotatable bonds is 5. The normalized spacial score (nSPS) is 24.5. The molecule has 0 radical (unpaired) electrons. The molecule has 1 saturated carbocycles. The van der Waals surface area contributed by atoms with Gasteiger partial charge >= 0.3 is 11.8 Å². The smallest absolute Gasteiger partial charge is 0.312 e. The Balaban J connectivity index is 1.42. The van der Waals surface area contributed by atoms with E-state index in [2.05, 4.69) is 15.5 Å². The van der Waals surface area contributed by atoms with Crippen LogP contribution in [0.15, 0.2) is 34.1 Å². The van der Waals surface area contributed by atoms with E-state index in [1.54, 1.807) is 6.92 Å². The van der Waals surface area contributed by atoms with Gasteiger partial charge in [0.05, 0.1) is 17.8 Å². The monoisotopic (exact) mass is 500 g/mol. The summed E-state index contributed by atoms with van der Waals surface area (Å²) in [6.07, 6.45) is 0.0250. The van der Waals surface area contributed by atoms with Crippen molar-refractivity contribution in [2.75, 3.05) is 13.1 Å². The summed E-state index contributed by atoms with van der Waals surface area (Å²) in [5.74, 6) is -8.06. The Hall–Kier alpha value is -2.82. The minimum Gasteiger partial charge on any atom is -0.336 e. The van der Waals surface area contributed by atoms with Gasteiger partial charge in [0, 0.05) is 37.8 Å². The van der Waals surface area contributed by atoms with Crippen LogP contribution in [-0.2, 0) is 20.8 Å². The maximum absolute atomic E-state index is 14.2. The summed E-state index contributed by atoms with van der Waals surface area (Å²) in [6, 6.07) is 1.41. The lowest BCUT2D eigenvalue weighted by molar-refractivity contribution is -0.154. The van der Waals surface area contributed by atoms with Crippen LogP contribution in [0.3, 0.4) is 0 Å². The highest BCUT2D eigenvalue weighted by atomic mass is 35.5. The van der Waals surface area contributed by atoms with E-state index in [1.807, 2.05) is 0 Å². The van der Waals surface area contributed by atoms with Crippen molar-refractivity contribution in [3.63, 3.8) is 0 Å². The predicted molar refractivity (Wildman–Crippen MR) is 112 cm³/mol. The number of benzene rings is 1. The molecule has 2 amide bonds. The second kappa shape index (κ2) is 8.75. The molecule has 0 aromatic heterocycles. The lowest BCUT2D eigenvalue weighted by Crippen LogP contribution is -2.65. The SMILES string of the molecule is C[C@H]1[C@@H](C(=O)Cc2ccc(F)c(Cl)c2F)CCN1C(=O)C(=O)NC1(C2=CCN=N2)CC(F)(F)C1. The number of amides is 2. The first-order chi connectivity index (χ1) is 15.9. The molecule has 12 heteroatoms. The van der Waals surface area contributed by atoms with Gasteiger partial charge in [0.2, 0.25) is 0 Å². The molecule has 0 spiro atoms. The number of hydrogen-bond acceptors (Lipinski definition) is 5. The molecule has 2 fully saturated rings. The van der Waals surface area contributed by atoms with Gasteiger partial charge in [-0.1, -0.05) is 17.7 Å². The van der Waals surface area contributed by atoms with Crippen molar-refractivity contribution in [1.29, 1.82) is 0 Å². The number of likely N-dealkylation sites (tertiary alicyclic amines) is 1. The van der Waals surface area contributed by atoms with E-state index < -0.39 is 70.5 Å². The van der Waals surface area contributed by atoms with Gasteiger partial charge in [-0.3, -0.25) is 14.4 Å². The number of hydrogen-bond donors (Lipinski definition) is 1. The highest BCUT2D eigenvalue weighted by Gasteiger charge is 2.60. The van der Waals surface area contributed by atoms with Crippen LogP contribution in [0.2, 0.25) is 5.02 Å². The van der Waals surface area contributed by atoms with Gasteiger partial charge in [-0.05, 0) is 31.1 Å². The van der Waals surface area contributed by atoms with Crippen LogP contribution in [0.1, 0.15) is 31.7 Å². The zero-order chi connectivity index (χ0) is 24.8. The molecule has 1 aromatic carbocycles. The summed E-state index contributed by atoms with van der Waals surface area (Å²) in [6.45, 7) is 1.87. The van der Waals surface area contributed by atoms with Gasteiger partial charge in [0.1, 0.15) is 22.4 Å². The molecule has 1 aliphatic carbocycles. The first-order valence-electron chi connectivity index (χ1n) is 10.7. The molecule has 182 valence electrons. The highest BCUT2D eigenvalue weighted by Crippen LogP contribution is 2.50. The number of nitrogens with zero attached hydrogens (tertiary/aromatic N) is 3. The van der Waals surface area contributed by atoms with Crippen molar-refractivity contribution < 1.29 is 31.9 Å². The van der Waals surface area contributed by atoms with E-state index in [0.29, 0.717) is 0 Å². The highest BCUT2D eigenvalue weighted by molar-refractivity contribution is 6.35. The summed E-state index contributed by atoms with van der Waals surface area (Å²) in [5.41, 5.74) is -1.34. The fourth-order valence-electron chi connectivity index (χ4n) is 4.82. The standard InChI is InChI=1S/C22H21ClF4N4O3/c1-11-13(15(32)8-12-2-3-14(24)17(23)18(12)25)5-7-31(11)20(34)19(33)29-21(9-22(26,27)10-21)16-4-6-28-30-16/h2-4,11,13H,5-10H2,1H3,(H,29,33)/t11-,13-/m0/s1. The van der Waals surface area contributed by atoms with Crippen molar-refractivity contribution in [2.45, 2.75) is 50.1 Å². The molecule has 2 heterocycles. The topological polar surface area (TPSA) is 91.2 Å². The molecule has 34 heavy (non-hydrogen) atoms. The number of halogens is 5. The van der Waals surface area contributed by atoms with Gasteiger partial charge < -0.3 is 10.2 Å². The van der Waals surface area contributed by atoms with Crippen LogP contribution < -0.4 is 5.32 Å². The van der Waals surface area contributed by atoms with E-state index >= 15 is 0 Å². The molecule has 4 rings (SSSR count). The first kappa shape index (κ1) is 24.3. The van der Waals surface area contributed by atoms with Gasteiger partial charge in [0.15, 0.2) is 0 Å². The minimum absolute atomic E-state index is 0.0713. The summed E-state index contributed by atoms with van der Waals surface area (Å²) < 4.78 is 54.9. The Bertz CT molecular complexity index is 1120. The van der Waals surface area contributed by atoms with Crippen molar-refractivity contribution >= 4 is 29.2 Å². The largest absolute Gasteiger partial charge is 0.336 e. The second-order valence-corrected chi connectivity index (χ2v) is 9.25. The van der Waals surface area contributed by atoms with Crippen molar-refractivity contribution in [3.8, 4) is 0 Å². The Morgan fingerprint density at radius 2 is 1.94 bits per heavy atom. The second-order valence-electron chi connectivity index (χ2n) is 8.87. The first-order valence-corrected chi connectivity index (χ1v) is 11.1. The van der Waals surface area contributed by atoms with Crippen molar-refractivity contribution in [3.05, 3.63) is 46.1 Å². The van der Waals surface area contributed by atoms with Gasteiger partial charge in [-0.15, -0.1) is 0 Å². The predicted octanol–water partition coefficient (Wildman–Crippen LogP) is 3.60. The molecule has 1 N–H and O–H groups in total. The lowest BCUT2D eigenvalue weighted by atomic mass is 9.71. The van der Waals surface area contributed by atoms with Gasteiger partial charge in [-0.25, -0.2) is 17.6 Å². The maximum atomic E-state index is 14.2. The van der Waals surface area contributed by atoms with Crippen LogP contribution >= 0.6 is 11.6 Å². The number of carbonyl (C=O) groups is 3. The number of nitrogens with one attached hydrogen (secondary N) is 1. The number of ketones is 1. The third-order valence-corrected chi connectivity index (χ3v) is 6.96. The van der Waals surface area contributed by atoms with Crippen LogP contribution in [0.4, 0.5) is 17.6 Å². The third-order valence-electron chi connectivity index (χ3n) is 6.61. The Morgan fingerprint density at radius 1 is 1.24 bits per heavy atom. The number of azo groups is 1. The average molecular weight is 501 g/mol. The number of Topliss-reactive ketones (excluding diaryl/α,β-unsaturated/α-hetero) is 1. The summed E-state index contributed by atoms with van der Waals surface area (Å²) in [5, 5.41) is 9.26. The lowest BCUT2D eigenvalue weighted by Gasteiger charge is -2.47. The fourth-order valence-corrected chi connectivity index (χ4v) is 5.00. The molecule has 0 unspecified atom stereocenters. The van der Waals surface area contributed by atoms with Crippen LogP contribution in [-0.4, -0.2) is 53.1 Å². The third kappa shape index (κ3) is 4.33. The fraction of sp³-hybridized carbons (Fsp3) is 0.500. The molecular formula is C22H21ClF4N4O3. The van der Waals surface area contributed by atoms with Gasteiger partial charge in [-0.2, -0.15) is 10.2 Å². The molecule has 3 aliphatic rings. The Kier molecular flexibility index (Phi) is 6.26. The number of carbonyl (C=O) groups excluding carboxylic acids is 3. The van der Waals surface area contributed by atoms with Crippen molar-refractivity contribution in [1.82, 2.24) is 10.2 Å². The summed E-state index contributed by atoms with van der Waals surface area (Å²) in [4.78, 5) is 39.5. The van der Waals surface area contributed by atoms with Crippen LogP contribution in [0.25, 0.3) is 0 Å². The van der Waals surface area contributed by atoms with Gasteiger partial charge in [0.25, 0.3) is 5.92 Å². The molecule has 2 aliphatic heterocycles. The van der Waals surface area contributed by atoms with E-state index in [1.165, 1.54) is 11.0 Å². The molecular weight excluding hydrogens is 480 g/mol.